The van der Waals surface area contributed by atoms with Crippen molar-refractivity contribution < 1.29 is 28.5 Å². The molecule has 0 saturated heterocycles. The average Bonchev–Trinajstić information content (AvgIpc) is 2.59. The van der Waals surface area contributed by atoms with Crippen LogP contribution in [0.25, 0.3) is 0 Å². The predicted molar refractivity (Wildman–Crippen MR) is 84.2 cm³/mol. The number of benzene rings is 1. The van der Waals surface area contributed by atoms with Crippen LogP contribution in [0.1, 0.15) is 23.0 Å². The molecule has 7 heteroatoms. The van der Waals surface area contributed by atoms with Crippen molar-refractivity contribution in [2.24, 2.45) is 0 Å². The Hall–Kier alpha value is -3.09. The summed E-state index contributed by atoms with van der Waals surface area (Å²) >= 11 is 0. The summed E-state index contributed by atoms with van der Waals surface area (Å²) in [6, 6.07) is 9.35. The topological polar surface area (TPSA) is 84.0 Å². The summed E-state index contributed by atoms with van der Waals surface area (Å²) in [6.45, 7) is 1.42. The molecule has 2 rings (SSSR count). The van der Waals surface area contributed by atoms with Crippen LogP contribution in [0, 0.1) is 0 Å². The smallest absolute Gasteiger partial charge is 0.360 e. The third-order valence-electron chi connectivity index (χ3n) is 3.02. The molecule has 0 bridgehead atoms. The standard InChI is InChI=1S/C17H17NO6/c1-11(19)24-13-9-18-14(17(20)22-3)16(15(13)21-2)23-10-12-7-5-4-6-8-12/h4-9H,10H2,1-3H3. The number of aromatic nitrogens is 1. The Morgan fingerprint density at radius 2 is 1.79 bits per heavy atom. The fourth-order valence-corrected chi connectivity index (χ4v) is 1.99. The number of ether oxygens (including phenoxy) is 4. The molecule has 1 heterocycles. The van der Waals surface area contributed by atoms with Gasteiger partial charge in [0.2, 0.25) is 5.75 Å². The third kappa shape index (κ3) is 4.01. The maximum Gasteiger partial charge on any atom is 0.360 e. The van der Waals surface area contributed by atoms with Gasteiger partial charge in [-0.1, -0.05) is 30.3 Å². The normalized spacial score (nSPS) is 9.96. The highest BCUT2D eigenvalue weighted by atomic mass is 16.6. The molecule has 126 valence electrons. The maximum absolute atomic E-state index is 11.9. The van der Waals surface area contributed by atoms with Crippen LogP contribution in [-0.4, -0.2) is 31.1 Å². The van der Waals surface area contributed by atoms with E-state index in [1.54, 1.807) is 0 Å². The lowest BCUT2D eigenvalue weighted by Crippen LogP contribution is -2.12. The number of carbonyl (C=O) groups excluding carboxylic acids is 2. The van der Waals surface area contributed by atoms with E-state index in [1.807, 2.05) is 30.3 Å². The Morgan fingerprint density at radius 1 is 1.08 bits per heavy atom. The van der Waals surface area contributed by atoms with Crippen molar-refractivity contribution in [3.05, 3.63) is 47.8 Å². The summed E-state index contributed by atoms with van der Waals surface area (Å²) in [5.41, 5.74) is 0.814. The second kappa shape index (κ2) is 7.96. The minimum Gasteiger partial charge on any atom is -0.490 e. The highest BCUT2D eigenvalue weighted by molar-refractivity contribution is 5.92. The van der Waals surface area contributed by atoms with Gasteiger partial charge in [0, 0.05) is 6.92 Å². The molecular weight excluding hydrogens is 314 g/mol. The molecule has 0 radical (unpaired) electrons. The van der Waals surface area contributed by atoms with Crippen LogP contribution in [0.2, 0.25) is 0 Å². The van der Waals surface area contributed by atoms with Crippen molar-refractivity contribution in [3.63, 3.8) is 0 Å². The number of rotatable bonds is 6. The van der Waals surface area contributed by atoms with Crippen LogP contribution in [0.15, 0.2) is 36.5 Å². The molecule has 0 fully saturated rings. The molecular formula is C17H17NO6. The van der Waals surface area contributed by atoms with Crippen molar-refractivity contribution in [1.29, 1.82) is 0 Å². The molecule has 1 aromatic heterocycles. The molecule has 24 heavy (non-hydrogen) atoms. The summed E-state index contributed by atoms with van der Waals surface area (Å²) < 4.78 is 20.7. The molecule has 7 nitrogen and oxygen atoms in total. The zero-order valence-corrected chi connectivity index (χ0v) is 13.6. The summed E-state index contributed by atoms with van der Waals surface area (Å²) in [6.07, 6.45) is 1.21. The maximum atomic E-state index is 11.9. The van der Waals surface area contributed by atoms with Crippen molar-refractivity contribution in [2.45, 2.75) is 13.5 Å². The summed E-state index contributed by atoms with van der Waals surface area (Å²) in [5, 5.41) is 0. The lowest BCUT2D eigenvalue weighted by atomic mass is 10.2. The van der Waals surface area contributed by atoms with Gasteiger partial charge in [-0.2, -0.15) is 0 Å². The molecule has 0 saturated carbocycles. The number of hydrogen-bond donors (Lipinski definition) is 0. The van der Waals surface area contributed by atoms with E-state index in [-0.39, 0.29) is 29.5 Å². The van der Waals surface area contributed by atoms with Crippen LogP contribution >= 0.6 is 0 Å². The zero-order valence-electron chi connectivity index (χ0n) is 13.6. The van der Waals surface area contributed by atoms with Gasteiger partial charge in [-0.3, -0.25) is 4.79 Å². The summed E-state index contributed by atoms with van der Waals surface area (Å²) in [4.78, 5) is 27.1. The molecule has 0 spiro atoms. The second-order valence-corrected chi connectivity index (χ2v) is 4.69. The Bertz CT molecular complexity index is 729. The van der Waals surface area contributed by atoms with Crippen LogP contribution in [0.3, 0.4) is 0 Å². The highest BCUT2D eigenvalue weighted by Crippen LogP contribution is 2.39. The minimum absolute atomic E-state index is 0.0481. The van der Waals surface area contributed by atoms with E-state index in [0.717, 1.165) is 5.56 Å². The van der Waals surface area contributed by atoms with E-state index in [2.05, 4.69) is 4.98 Å². The largest absolute Gasteiger partial charge is 0.490 e. The number of methoxy groups -OCH3 is 2. The molecule has 0 unspecified atom stereocenters. The van der Waals surface area contributed by atoms with Gasteiger partial charge in [0.25, 0.3) is 0 Å². The molecule has 0 N–H and O–H groups in total. The Kier molecular flexibility index (Phi) is 5.73. The van der Waals surface area contributed by atoms with Crippen molar-refractivity contribution in [1.82, 2.24) is 4.98 Å². The number of pyridine rings is 1. The quantitative estimate of drug-likeness (QED) is 0.751. The molecule has 0 aliphatic carbocycles. The van der Waals surface area contributed by atoms with Gasteiger partial charge >= 0.3 is 11.9 Å². The first-order valence-corrected chi connectivity index (χ1v) is 7.07. The minimum atomic E-state index is -0.689. The Labute approximate surface area is 139 Å². The van der Waals surface area contributed by atoms with Gasteiger partial charge in [-0.05, 0) is 5.56 Å². The van der Waals surface area contributed by atoms with Crippen LogP contribution < -0.4 is 14.2 Å². The average molecular weight is 331 g/mol. The molecule has 0 atom stereocenters. The van der Waals surface area contributed by atoms with Crippen molar-refractivity contribution in [2.75, 3.05) is 14.2 Å². The summed E-state index contributed by atoms with van der Waals surface area (Å²) in [7, 11) is 2.61. The number of esters is 2. The molecule has 0 amide bonds. The first-order chi connectivity index (χ1) is 11.6. The predicted octanol–water partition coefficient (Wildman–Crippen LogP) is 2.38. The highest BCUT2D eigenvalue weighted by Gasteiger charge is 2.24. The van der Waals surface area contributed by atoms with Gasteiger partial charge < -0.3 is 18.9 Å². The van der Waals surface area contributed by atoms with Gasteiger partial charge in [-0.25, -0.2) is 9.78 Å². The van der Waals surface area contributed by atoms with E-state index < -0.39 is 11.9 Å². The lowest BCUT2D eigenvalue weighted by molar-refractivity contribution is -0.132. The van der Waals surface area contributed by atoms with Gasteiger partial charge in [0.05, 0.1) is 20.4 Å². The monoisotopic (exact) mass is 331 g/mol. The van der Waals surface area contributed by atoms with Crippen LogP contribution in [-0.2, 0) is 16.1 Å². The molecule has 0 aliphatic heterocycles. The van der Waals surface area contributed by atoms with Crippen molar-refractivity contribution in [3.8, 4) is 17.2 Å². The fraction of sp³-hybridized carbons (Fsp3) is 0.235. The Morgan fingerprint density at radius 3 is 2.38 bits per heavy atom. The fourth-order valence-electron chi connectivity index (χ4n) is 1.99. The second-order valence-electron chi connectivity index (χ2n) is 4.69. The van der Waals surface area contributed by atoms with E-state index in [0.29, 0.717) is 0 Å². The molecule has 2 aromatic rings. The van der Waals surface area contributed by atoms with Crippen molar-refractivity contribution >= 4 is 11.9 Å². The third-order valence-corrected chi connectivity index (χ3v) is 3.02. The number of nitrogens with zero attached hydrogens (tertiary/aromatic N) is 1. The van der Waals surface area contributed by atoms with Gasteiger partial charge in [-0.15, -0.1) is 0 Å². The number of carbonyl (C=O) groups is 2. The van der Waals surface area contributed by atoms with E-state index in [1.165, 1.54) is 27.3 Å². The first kappa shape index (κ1) is 17.3. The zero-order chi connectivity index (χ0) is 17.5. The van der Waals surface area contributed by atoms with Crippen LogP contribution in [0.5, 0.6) is 17.2 Å². The molecule has 1 aromatic carbocycles. The Balaban J connectivity index is 2.42. The SMILES string of the molecule is COC(=O)c1ncc(OC(C)=O)c(OC)c1OCc1ccccc1. The van der Waals surface area contributed by atoms with Crippen LogP contribution in [0.4, 0.5) is 0 Å². The number of hydrogen-bond acceptors (Lipinski definition) is 7. The first-order valence-electron chi connectivity index (χ1n) is 7.07. The summed E-state index contributed by atoms with van der Waals surface area (Å²) in [5.74, 6) is -1.04. The molecule has 0 aliphatic rings. The van der Waals surface area contributed by atoms with E-state index in [9.17, 15) is 9.59 Å². The van der Waals surface area contributed by atoms with E-state index >= 15 is 0 Å². The van der Waals surface area contributed by atoms with E-state index in [4.69, 9.17) is 18.9 Å². The van der Waals surface area contributed by atoms with Gasteiger partial charge in [0.15, 0.2) is 17.2 Å². The van der Waals surface area contributed by atoms with Gasteiger partial charge in [0.1, 0.15) is 6.61 Å². The lowest BCUT2D eigenvalue weighted by Gasteiger charge is -2.16.